The summed E-state index contributed by atoms with van der Waals surface area (Å²) in [6.45, 7) is 2.61. The van der Waals surface area contributed by atoms with Gasteiger partial charge >= 0.3 is 5.97 Å². The van der Waals surface area contributed by atoms with E-state index < -0.39 is 5.97 Å². The molecule has 2 fully saturated rings. The number of hydrogen-bond donors (Lipinski definition) is 2. The molecule has 0 aliphatic carbocycles. The molecule has 7 nitrogen and oxygen atoms in total. The van der Waals surface area contributed by atoms with Crippen molar-refractivity contribution in [2.45, 2.75) is 63.6 Å². The normalized spacial score (nSPS) is 27.3. The van der Waals surface area contributed by atoms with Crippen molar-refractivity contribution in [1.82, 2.24) is 10.3 Å². The average Bonchev–Trinajstić information content (AvgIpc) is 3.34. The molecule has 0 saturated carbocycles. The highest BCUT2D eigenvalue weighted by Gasteiger charge is 2.51. The van der Waals surface area contributed by atoms with E-state index in [0.717, 1.165) is 25.7 Å². The summed E-state index contributed by atoms with van der Waals surface area (Å²) in [7, 11) is 0. The molecule has 26 heavy (non-hydrogen) atoms. The van der Waals surface area contributed by atoms with E-state index in [1.165, 1.54) is 6.26 Å². The van der Waals surface area contributed by atoms with Crippen LogP contribution in [-0.2, 0) is 9.53 Å². The maximum absolute atomic E-state index is 12.0. The average molecular weight is 362 g/mol. The molecule has 3 rings (SSSR count). The van der Waals surface area contributed by atoms with Gasteiger partial charge in [-0.1, -0.05) is 19.1 Å². The van der Waals surface area contributed by atoms with Crippen molar-refractivity contribution >= 4 is 11.9 Å². The minimum atomic E-state index is -0.788. The zero-order valence-corrected chi connectivity index (χ0v) is 15.0. The van der Waals surface area contributed by atoms with Crippen LogP contribution in [0, 0.1) is 5.92 Å². The molecule has 2 saturated heterocycles. The topological polar surface area (TPSA) is 102 Å². The fraction of sp³-hybridized carbons (Fsp3) is 0.632. The van der Waals surface area contributed by atoms with E-state index in [4.69, 9.17) is 14.3 Å². The first-order chi connectivity index (χ1) is 12.6. The number of oxazole rings is 1. The lowest BCUT2D eigenvalue weighted by Crippen LogP contribution is -2.26. The van der Waals surface area contributed by atoms with Crippen LogP contribution >= 0.6 is 0 Å². The number of carbonyl (C=O) groups is 2. The molecule has 4 unspecified atom stereocenters. The lowest BCUT2D eigenvalue weighted by Gasteiger charge is -2.24. The molecule has 1 aromatic heterocycles. The number of hydrogen-bond acceptors (Lipinski definition) is 5. The largest absolute Gasteiger partial charge is 0.481 e. The Labute approximate surface area is 152 Å². The summed E-state index contributed by atoms with van der Waals surface area (Å²) in [4.78, 5) is 27.0. The molecule has 7 heteroatoms. The second kappa shape index (κ2) is 8.49. The predicted molar refractivity (Wildman–Crippen MR) is 93.9 cm³/mol. The van der Waals surface area contributed by atoms with Crippen molar-refractivity contribution in [2.75, 3.05) is 6.54 Å². The van der Waals surface area contributed by atoms with Crippen LogP contribution in [-0.4, -0.2) is 40.7 Å². The smallest absolute Gasteiger partial charge is 0.303 e. The number of nitrogens with one attached hydrogen (secondary N) is 1. The quantitative estimate of drug-likeness (QED) is 0.655. The standard InChI is InChI=1S/C19H26N2O5/c1-2-10-20-18(24)13-11-25-19(21-13)17-12(14-8-9-15(17)26-14)6-4-3-5-7-16(22)23/h3-4,11-12,14-15,17H,2,5-10H2,1H3,(H,20,24)(H,22,23). The van der Waals surface area contributed by atoms with Crippen LogP contribution in [0.1, 0.15) is 67.7 Å². The van der Waals surface area contributed by atoms with E-state index in [1.54, 1.807) is 0 Å². The number of ether oxygens (including phenoxy) is 1. The van der Waals surface area contributed by atoms with Gasteiger partial charge in [-0.2, -0.15) is 0 Å². The fourth-order valence-electron chi connectivity index (χ4n) is 3.87. The molecule has 4 atom stereocenters. The van der Waals surface area contributed by atoms with Crippen LogP contribution < -0.4 is 5.32 Å². The van der Waals surface area contributed by atoms with Gasteiger partial charge in [0, 0.05) is 18.9 Å². The van der Waals surface area contributed by atoms with Gasteiger partial charge in [0.15, 0.2) is 5.69 Å². The summed E-state index contributed by atoms with van der Waals surface area (Å²) in [6.07, 6.45) is 9.98. The first kappa shape index (κ1) is 18.6. The predicted octanol–water partition coefficient (Wildman–Crippen LogP) is 2.89. The Hall–Kier alpha value is -2.15. The Morgan fingerprint density at radius 1 is 1.35 bits per heavy atom. The summed E-state index contributed by atoms with van der Waals surface area (Å²) in [5.74, 6) is -0.131. The van der Waals surface area contributed by atoms with Gasteiger partial charge in [0.25, 0.3) is 5.91 Å². The van der Waals surface area contributed by atoms with E-state index in [2.05, 4.69) is 10.3 Å². The second-order valence-electron chi connectivity index (χ2n) is 6.95. The number of allylic oxidation sites excluding steroid dienone is 2. The first-order valence-corrected chi connectivity index (χ1v) is 9.36. The van der Waals surface area contributed by atoms with Gasteiger partial charge in [-0.3, -0.25) is 9.59 Å². The van der Waals surface area contributed by atoms with Crippen LogP contribution in [0.2, 0.25) is 0 Å². The molecular weight excluding hydrogens is 336 g/mol. The number of rotatable bonds is 9. The minimum absolute atomic E-state index is 0.0469. The van der Waals surface area contributed by atoms with E-state index in [0.29, 0.717) is 24.6 Å². The molecular formula is C19H26N2O5. The van der Waals surface area contributed by atoms with Crippen molar-refractivity contribution in [2.24, 2.45) is 5.92 Å². The molecule has 1 amide bonds. The zero-order chi connectivity index (χ0) is 18.5. The summed E-state index contributed by atoms with van der Waals surface area (Å²) in [5.41, 5.74) is 0.312. The number of nitrogens with zero attached hydrogens (tertiary/aromatic N) is 1. The number of fused-ring (bicyclic) bond motifs is 2. The Kier molecular flexibility index (Phi) is 6.08. The minimum Gasteiger partial charge on any atom is -0.481 e. The summed E-state index contributed by atoms with van der Waals surface area (Å²) < 4.78 is 11.7. The monoisotopic (exact) mass is 362 g/mol. The molecule has 2 bridgehead atoms. The van der Waals surface area contributed by atoms with Gasteiger partial charge in [0.2, 0.25) is 5.89 Å². The van der Waals surface area contributed by atoms with E-state index in [9.17, 15) is 9.59 Å². The van der Waals surface area contributed by atoms with Gasteiger partial charge in [-0.05, 0) is 32.1 Å². The summed E-state index contributed by atoms with van der Waals surface area (Å²) >= 11 is 0. The van der Waals surface area contributed by atoms with Gasteiger partial charge in [0.1, 0.15) is 6.26 Å². The number of aliphatic carboxylic acids is 1. The van der Waals surface area contributed by atoms with Crippen LogP contribution in [0.4, 0.5) is 0 Å². The van der Waals surface area contributed by atoms with E-state index in [-0.39, 0.29) is 36.4 Å². The lowest BCUT2D eigenvalue weighted by molar-refractivity contribution is -0.136. The summed E-state index contributed by atoms with van der Waals surface area (Å²) in [5, 5.41) is 11.5. The van der Waals surface area contributed by atoms with Crippen LogP contribution in [0.3, 0.4) is 0 Å². The van der Waals surface area contributed by atoms with Crippen LogP contribution in [0.25, 0.3) is 0 Å². The number of carboxylic acid groups (broad SMARTS) is 1. The third-order valence-corrected chi connectivity index (χ3v) is 5.10. The number of aromatic nitrogens is 1. The fourth-order valence-corrected chi connectivity index (χ4v) is 3.87. The highest BCUT2D eigenvalue weighted by molar-refractivity contribution is 5.91. The Morgan fingerprint density at radius 3 is 2.92 bits per heavy atom. The molecule has 0 aromatic carbocycles. The maximum atomic E-state index is 12.0. The molecule has 142 valence electrons. The molecule has 2 N–H and O–H groups in total. The number of amides is 1. The van der Waals surface area contributed by atoms with Gasteiger partial charge < -0.3 is 19.6 Å². The Balaban J connectivity index is 1.64. The Bertz CT molecular complexity index is 669. The van der Waals surface area contributed by atoms with Gasteiger partial charge in [0.05, 0.1) is 18.1 Å². The molecule has 0 radical (unpaired) electrons. The van der Waals surface area contributed by atoms with Crippen molar-refractivity contribution in [3.05, 3.63) is 30.0 Å². The SMILES string of the molecule is CCCNC(=O)c1coc(C2C3CCC(O3)C2CC=CCCC(=O)O)n1. The van der Waals surface area contributed by atoms with Gasteiger partial charge in [-0.25, -0.2) is 4.98 Å². The zero-order valence-electron chi connectivity index (χ0n) is 15.0. The Morgan fingerprint density at radius 2 is 2.15 bits per heavy atom. The van der Waals surface area contributed by atoms with Crippen LogP contribution in [0.5, 0.6) is 0 Å². The van der Waals surface area contributed by atoms with Crippen molar-refractivity contribution in [3.63, 3.8) is 0 Å². The van der Waals surface area contributed by atoms with Crippen molar-refractivity contribution < 1.29 is 23.8 Å². The van der Waals surface area contributed by atoms with Crippen molar-refractivity contribution in [1.29, 1.82) is 0 Å². The molecule has 2 aliphatic heterocycles. The first-order valence-electron chi connectivity index (χ1n) is 9.36. The highest BCUT2D eigenvalue weighted by Crippen LogP contribution is 2.50. The maximum Gasteiger partial charge on any atom is 0.303 e. The third-order valence-electron chi connectivity index (χ3n) is 5.10. The highest BCUT2D eigenvalue weighted by atomic mass is 16.5. The van der Waals surface area contributed by atoms with Crippen molar-refractivity contribution in [3.8, 4) is 0 Å². The number of carboxylic acids is 1. The third kappa shape index (κ3) is 4.15. The van der Waals surface area contributed by atoms with E-state index in [1.807, 2.05) is 19.1 Å². The molecule has 1 aromatic rings. The van der Waals surface area contributed by atoms with E-state index >= 15 is 0 Å². The van der Waals surface area contributed by atoms with Crippen LogP contribution in [0.15, 0.2) is 22.8 Å². The summed E-state index contributed by atoms with van der Waals surface area (Å²) in [6, 6.07) is 0. The lowest BCUT2D eigenvalue weighted by atomic mass is 9.77. The molecule has 2 aliphatic rings. The molecule has 3 heterocycles. The molecule has 0 spiro atoms. The van der Waals surface area contributed by atoms with Gasteiger partial charge in [-0.15, -0.1) is 0 Å². The number of carbonyl (C=O) groups excluding carboxylic acids is 1. The second-order valence-corrected chi connectivity index (χ2v) is 6.95.